The average molecular weight is 453 g/mol. The number of likely N-dealkylation sites (N-methyl/N-ethyl adjacent to an activating group) is 1. The van der Waals surface area contributed by atoms with Gasteiger partial charge in [-0.1, -0.05) is 30.3 Å². The topological polar surface area (TPSA) is 95.9 Å². The molecule has 2 N–H and O–H groups in total. The second-order valence-electron chi connectivity index (χ2n) is 8.25. The predicted molar refractivity (Wildman–Crippen MR) is 116 cm³/mol. The molecule has 170 valence electrons. The molecule has 0 fully saturated rings. The summed E-state index contributed by atoms with van der Waals surface area (Å²) in [7, 11) is -2.64. The monoisotopic (exact) mass is 452 g/mol. The molecule has 2 atom stereocenters. The Morgan fingerprint density at radius 2 is 1.71 bits per heavy atom. The molecule has 1 amide bonds. The maximum atomic E-state index is 13.1. The highest BCUT2D eigenvalue weighted by Crippen LogP contribution is 2.17. The Morgan fingerprint density at radius 3 is 2.26 bits per heavy atom. The van der Waals surface area contributed by atoms with Crippen molar-refractivity contribution in [3.8, 4) is 0 Å². The van der Waals surface area contributed by atoms with Gasteiger partial charge in [0.05, 0.1) is 17.0 Å². The van der Waals surface area contributed by atoms with E-state index in [0.29, 0.717) is 0 Å². The summed E-state index contributed by atoms with van der Waals surface area (Å²) < 4.78 is 44.9. The van der Waals surface area contributed by atoms with Crippen molar-refractivity contribution >= 4 is 16.1 Å². The van der Waals surface area contributed by atoms with Crippen LogP contribution in [0.2, 0.25) is 0 Å². The number of alkyl carbamates (subject to hydrolysis) is 1. The van der Waals surface area contributed by atoms with Crippen molar-refractivity contribution < 1.29 is 27.4 Å². The maximum absolute atomic E-state index is 13.1. The molecule has 0 aliphatic rings. The summed E-state index contributed by atoms with van der Waals surface area (Å²) in [5.74, 6) is -0.550. The van der Waals surface area contributed by atoms with Gasteiger partial charge in [0.25, 0.3) is 0 Å². The molecule has 0 unspecified atom stereocenters. The van der Waals surface area contributed by atoms with Gasteiger partial charge in [0.1, 0.15) is 11.4 Å². The number of halogens is 1. The van der Waals surface area contributed by atoms with Crippen LogP contribution in [0.3, 0.4) is 0 Å². The van der Waals surface area contributed by atoms with E-state index in [0.717, 1.165) is 34.1 Å². The van der Waals surface area contributed by atoms with Crippen LogP contribution >= 0.6 is 0 Å². The van der Waals surface area contributed by atoms with Gasteiger partial charge in [-0.15, -0.1) is 0 Å². The van der Waals surface area contributed by atoms with Gasteiger partial charge in [-0.2, -0.15) is 4.31 Å². The zero-order valence-corrected chi connectivity index (χ0v) is 18.9. The zero-order valence-electron chi connectivity index (χ0n) is 18.1. The Bertz CT molecular complexity index is 960. The third-order valence-corrected chi connectivity index (χ3v) is 6.27. The highest BCUT2D eigenvalue weighted by Gasteiger charge is 2.29. The lowest BCUT2D eigenvalue weighted by molar-refractivity contribution is 0.0408. The molecule has 7 nitrogen and oxygen atoms in total. The maximum Gasteiger partial charge on any atom is 0.407 e. The van der Waals surface area contributed by atoms with Gasteiger partial charge in [0.2, 0.25) is 10.0 Å². The summed E-state index contributed by atoms with van der Waals surface area (Å²) in [5, 5.41) is 13.4. The molecular weight excluding hydrogens is 423 g/mol. The van der Waals surface area contributed by atoms with Crippen LogP contribution in [0, 0.1) is 5.82 Å². The van der Waals surface area contributed by atoms with E-state index < -0.39 is 39.7 Å². The van der Waals surface area contributed by atoms with E-state index >= 15 is 0 Å². The minimum absolute atomic E-state index is 0.0942. The fourth-order valence-electron chi connectivity index (χ4n) is 2.89. The molecule has 0 heterocycles. The van der Waals surface area contributed by atoms with E-state index in [2.05, 4.69) is 5.32 Å². The zero-order chi connectivity index (χ0) is 23.2. The van der Waals surface area contributed by atoms with Crippen LogP contribution in [0.5, 0.6) is 0 Å². The molecule has 0 spiro atoms. The van der Waals surface area contributed by atoms with Crippen molar-refractivity contribution in [1.82, 2.24) is 9.62 Å². The first kappa shape index (κ1) is 24.8. The molecule has 0 radical (unpaired) electrons. The van der Waals surface area contributed by atoms with Crippen LogP contribution in [0.25, 0.3) is 0 Å². The number of nitrogens with zero attached hydrogens (tertiary/aromatic N) is 1. The van der Waals surface area contributed by atoms with Crippen LogP contribution in [0.1, 0.15) is 26.3 Å². The largest absolute Gasteiger partial charge is 0.444 e. The molecule has 2 aromatic rings. The molecule has 0 saturated carbocycles. The first-order chi connectivity index (χ1) is 14.4. The number of ether oxygens (including phenoxy) is 1. The van der Waals surface area contributed by atoms with E-state index in [1.807, 2.05) is 30.3 Å². The number of hydrogen-bond acceptors (Lipinski definition) is 5. The fraction of sp³-hybridized carbons (Fsp3) is 0.409. The van der Waals surface area contributed by atoms with Gasteiger partial charge in [-0.3, -0.25) is 0 Å². The van der Waals surface area contributed by atoms with Crippen molar-refractivity contribution in [2.75, 3.05) is 13.6 Å². The quantitative estimate of drug-likeness (QED) is 0.642. The molecule has 0 bridgehead atoms. The number of carbonyl (C=O) groups is 1. The number of benzene rings is 2. The second kappa shape index (κ2) is 10.2. The van der Waals surface area contributed by atoms with E-state index in [4.69, 9.17) is 4.74 Å². The highest BCUT2D eigenvalue weighted by atomic mass is 32.2. The molecule has 0 saturated heterocycles. The third kappa shape index (κ3) is 7.61. The lowest BCUT2D eigenvalue weighted by atomic mass is 10.0. The van der Waals surface area contributed by atoms with E-state index in [1.54, 1.807) is 20.8 Å². The molecule has 9 heteroatoms. The fourth-order valence-corrected chi connectivity index (χ4v) is 4.07. The molecule has 2 rings (SSSR count). The minimum Gasteiger partial charge on any atom is -0.444 e. The standard InChI is InChI=1S/C22H29FN2O5S/c1-22(2,3)30-21(27)24-19(14-16-8-6-5-7-9-16)20(26)15-25(4)31(28,29)18-12-10-17(23)11-13-18/h5-13,19-20,26H,14-15H2,1-4H3,(H,24,27)/t19-,20+/m0/s1. The second-order valence-corrected chi connectivity index (χ2v) is 10.3. The van der Waals surface area contributed by atoms with E-state index in [9.17, 15) is 22.7 Å². The van der Waals surface area contributed by atoms with Crippen LogP contribution in [-0.2, 0) is 21.2 Å². The number of rotatable bonds is 8. The Morgan fingerprint density at radius 1 is 1.13 bits per heavy atom. The van der Waals surface area contributed by atoms with Gasteiger partial charge in [0.15, 0.2) is 0 Å². The van der Waals surface area contributed by atoms with E-state index in [1.165, 1.54) is 7.05 Å². The number of aliphatic hydroxyl groups is 1. The summed E-state index contributed by atoms with van der Waals surface area (Å²) in [6.45, 7) is 4.88. The lowest BCUT2D eigenvalue weighted by Crippen LogP contribution is -2.50. The Hall–Kier alpha value is -2.49. The van der Waals surface area contributed by atoms with Crippen molar-refractivity contribution in [2.24, 2.45) is 0 Å². The Labute approximate surface area is 182 Å². The summed E-state index contributed by atoms with van der Waals surface area (Å²) in [4.78, 5) is 12.2. The molecule has 0 aliphatic carbocycles. The SMILES string of the molecule is CN(C[C@@H](O)[C@H](Cc1ccccc1)NC(=O)OC(C)(C)C)S(=O)(=O)c1ccc(F)cc1. The number of hydrogen-bond donors (Lipinski definition) is 2. The summed E-state index contributed by atoms with van der Waals surface area (Å²) >= 11 is 0. The highest BCUT2D eigenvalue weighted by molar-refractivity contribution is 7.89. The predicted octanol–water partition coefficient (Wildman–Crippen LogP) is 2.94. The van der Waals surface area contributed by atoms with Crippen molar-refractivity contribution in [1.29, 1.82) is 0 Å². The third-order valence-electron chi connectivity index (χ3n) is 4.43. The summed E-state index contributed by atoms with van der Waals surface area (Å²) in [6.07, 6.45) is -1.67. The molecule has 2 aromatic carbocycles. The van der Waals surface area contributed by atoms with Gasteiger partial charge < -0.3 is 15.2 Å². The van der Waals surface area contributed by atoms with Gasteiger partial charge in [-0.25, -0.2) is 17.6 Å². The molecule has 0 aromatic heterocycles. The van der Waals surface area contributed by atoms with Crippen molar-refractivity contribution in [2.45, 2.75) is 49.8 Å². The number of amides is 1. The molecular formula is C22H29FN2O5S. The van der Waals surface area contributed by atoms with E-state index in [-0.39, 0.29) is 17.9 Å². The first-order valence-corrected chi connectivity index (χ1v) is 11.3. The number of carbonyl (C=O) groups excluding carboxylic acids is 1. The van der Waals surface area contributed by atoms with Crippen LogP contribution < -0.4 is 5.32 Å². The first-order valence-electron chi connectivity index (χ1n) is 9.82. The average Bonchev–Trinajstić information content (AvgIpc) is 2.67. The van der Waals surface area contributed by atoms with Gasteiger partial charge in [0, 0.05) is 13.6 Å². The normalized spacial score (nSPS) is 14.2. The van der Waals surface area contributed by atoms with Gasteiger partial charge in [-0.05, 0) is 57.0 Å². The smallest absolute Gasteiger partial charge is 0.407 e. The Balaban J connectivity index is 2.17. The summed E-state index contributed by atoms with van der Waals surface area (Å²) in [6, 6.07) is 12.8. The molecule has 0 aliphatic heterocycles. The molecule has 31 heavy (non-hydrogen) atoms. The van der Waals surface area contributed by atoms with Gasteiger partial charge >= 0.3 is 6.09 Å². The van der Waals surface area contributed by atoms with Crippen molar-refractivity contribution in [3.63, 3.8) is 0 Å². The number of nitrogens with one attached hydrogen (secondary N) is 1. The number of sulfonamides is 1. The number of aliphatic hydroxyl groups excluding tert-OH is 1. The lowest BCUT2D eigenvalue weighted by Gasteiger charge is -2.29. The van der Waals surface area contributed by atoms with Crippen LogP contribution in [0.4, 0.5) is 9.18 Å². The Kier molecular flexibility index (Phi) is 8.16. The minimum atomic E-state index is -3.95. The summed E-state index contributed by atoms with van der Waals surface area (Å²) in [5.41, 5.74) is 0.126. The van der Waals surface area contributed by atoms with Crippen LogP contribution in [-0.4, -0.2) is 55.3 Å². The van der Waals surface area contributed by atoms with Crippen LogP contribution in [0.15, 0.2) is 59.5 Å². The van der Waals surface area contributed by atoms with Crippen molar-refractivity contribution in [3.05, 3.63) is 66.0 Å².